The largest absolute Gasteiger partial charge is 0.244 e. The summed E-state index contributed by atoms with van der Waals surface area (Å²) < 4.78 is 0. The van der Waals surface area contributed by atoms with E-state index in [2.05, 4.69) is 147 Å². The van der Waals surface area contributed by atoms with E-state index in [-0.39, 0.29) is 5.41 Å². The Hall–Kier alpha value is -5.86. The van der Waals surface area contributed by atoms with Gasteiger partial charge >= 0.3 is 0 Å². The highest BCUT2D eigenvalue weighted by atomic mass is 14.8. The molecule has 0 unspecified atom stereocenters. The molecule has 0 bridgehead atoms. The fourth-order valence-corrected chi connectivity index (χ4v) is 11.5. The standard InChI is InChI=1S/C59H56N2/c1-3-5-7-9-11-17-33-59(34-18-12-10-8-6-4-2)50-36-43(54-44-25-15-13-21-41(44)35-42-22-14-16-26-45(42)54)31-32-46(50)49-37-52-53(38-51(49)59)61-58-48-28-20-24-40-30-29-39-23-19-27-47(57(58)60-52)55(39)56(40)48/h13-16,19-32,35-38H,3-12,17-18,33-34H2,1-2H3. The fraction of sp³-hybridized carbons (Fsp3) is 0.288. The highest BCUT2D eigenvalue weighted by molar-refractivity contribution is 6.32. The second-order valence-electron chi connectivity index (χ2n) is 18.3. The minimum Gasteiger partial charge on any atom is -0.244 e. The predicted octanol–water partition coefficient (Wildman–Crippen LogP) is 17.4. The molecular formula is C59H56N2. The summed E-state index contributed by atoms with van der Waals surface area (Å²) in [6, 6.07) is 50.7. The van der Waals surface area contributed by atoms with Gasteiger partial charge in [-0.25, -0.2) is 9.97 Å². The minimum atomic E-state index is -0.0967. The van der Waals surface area contributed by atoms with Gasteiger partial charge in [-0.15, -0.1) is 0 Å². The first-order chi connectivity index (χ1) is 30.2. The summed E-state index contributed by atoms with van der Waals surface area (Å²) in [5.41, 5.74) is 12.3. The Kier molecular flexibility index (Phi) is 9.91. The molecule has 2 nitrogen and oxygen atoms in total. The third kappa shape index (κ3) is 6.36. The van der Waals surface area contributed by atoms with Crippen LogP contribution in [0.5, 0.6) is 0 Å². The Bertz CT molecular complexity index is 3180. The summed E-state index contributed by atoms with van der Waals surface area (Å²) in [6.45, 7) is 4.64. The Morgan fingerprint density at radius 2 is 0.885 bits per heavy atom. The highest BCUT2D eigenvalue weighted by Crippen LogP contribution is 2.56. The zero-order valence-electron chi connectivity index (χ0n) is 36.0. The topological polar surface area (TPSA) is 25.8 Å². The molecule has 1 heterocycles. The molecule has 0 fully saturated rings. The number of benzene rings is 9. The van der Waals surface area contributed by atoms with E-state index in [4.69, 9.17) is 9.97 Å². The second kappa shape index (κ2) is 15.9. The van der Waals surface area contributed by atoms with E-state index in [1.807, 2.05) is 0 Å². The first-order valence-corrected chi connectivity index (χ1v) is 23.5. The molecule has 2 heteroatoms. The van der Waals surface area contributed by atoms with E-state index in [9.17, 15) is 0 Å². The maximum absolute atomic E-state index is 5.66. The third-order valence-electron chi connectivity index (χ3n) is 14.5. The Morgan fingerprint density at radius 3 is 1.48 bits per heavy atom. The van der Waals surface area contributed by atoms with Crippen LogP contribution in [0.4, 0.5) is 0 Å². The SMILES string of the molecule is CCCCCCCCC1(CCCCCCCC)c2cc(-c3c4ccccc4cc4ccccc34)ccc2-c2cc3nc4c5cccc6ccc7cccc(c4nc3cc21)c7c65. The number of hydrogen-bond donors (Lipinski definition) is 0. The van der Waals surface area contributed by atoms with Crippen LogP contribution in [0.2, 0.25) is 0 Å². The van der Waals surface area contributed by atoms with Gasteiger partial charge in [0.15, 0.2) is 0 Å². The van der Waals surface area contributed by atoms with Gasteiger partial charge < -0.3 is 0 Å². The maximum Gasteiger partial charge on any atom is 0.0979 e. The summed E-state index contributed by atoms with van der Waals surface area (Å²) >= 11 is 0. The third-order valence-corrected chi connectivity index (χ3v) is 14.5. The van der Waals surface area contributed by atoms with Crippen LogP contribution in [-0.4, -0.2) is 9.97 Å². The number of rotatable bonds is 15. The summed E-state index contributed by atoms with van der Waals surface area (Å²) in [5, 5.41) is 12.8. The maximum atomic E-state index is 5.66. The fourth-order valence-electron chi connectivity index (χ4n) is 11.5. The van der Waals surface area contributed by atoms with Gasteiger partial charge in [-0.1, -0.05) is 200 Å². The van der Waals surface area contributed by atoms with Gasteiger partial charge in [-0.3, -0.25) is 0 Å². The van der Waals surface area contributed by atoms with Crippen LogP contribution in [0.25, 0.3) is 98.2 Å². The zero-order chi connectivity index (χ0) is 40.9. The van der Waals surface area contributed by atoms with Crippen molar-refractivity contribution in [1.82, 2.24) is 9.97 Å². The first kappa shape index (κ1) is 38.1. The number of hydrogen-bond acceptors (Lipinski definition) is 2. The van der Waals surface area contributed by atoms with Crippen LogP contribution >= 0.6 is 0 Å². The molecule has 0 aliphatic heterocycles. The van der Waals surface area contributed by atoms with Crippen molar-refractivity contribution in [3.8, 4) is 22.3 Å². The van der Waals surface area contributed by atoms with Gasteiger partial charge in [0.1, 0.15) is 0 Å². The number of aromatic nitrogens is 2. The second-order valence-corrected chi connectivity index (χ2v) is 18.3. The first-order valence-electron chi connectivity index (χ1n) is 23.5. The molecule has 0 amide bonds. The van der Waals surface area contributed by atoms with E-state index in [1.165, 1.54) is 164 Å². The Balaban J connectivity index is 1.14. The molecule has 0 N–H and O–H groups in total. The molecule has 0 spiro atoms. The van der Waals surface area contributed by atoms with Crippen molar-refractivity contribution in [2.24, 2.45) is 0 Å². The smallest absolute Gasteiger partial charge is 0.0979 e. The molecule has 1 aliphatic rings. The van der Waals surface area contributed by atoms with Gasteiger partial charge in [-0.2, -0.15) is 0 Å². The average Bonchev–Trinajstić information content (AvgIpc) is 3.55. The molecular weight excluding hydrogens is 737 g/mol. The molecule has 0 saturated carbocycles. The van der Waals surface area contributed by atoms with Gasteiger partial charge in [0.25, 0.3) is 0 Å². The van der Waals surface area contributed by atoms with Crippen LogP contribution in [0.15, 0.2) is 133 Å². The van der Waals surface area contributed by atoms with Crippen molar-refractivity contribution in [1.29, 1.82) is 0 Å². The predicted molar refractivity (Wildman–Crippen MR) is 263 cm³/mol. The lowest BCUT2D eigenvalue weighted by Gasteiger charge is -2.33. The molecule has 0 saturated heterocycles. The number of unbranched alkanes of at least 4 members (excludes halogenated alkanes) is 10. The molecule has 0 radical (unpaired) electrons. The minimum absolute atomic E-state index is 0.0967. The summed E-state index contributed by atoms with van der Waals surface area (Å²) in [6.07, 6.45) is 17.9. The van der Waals surface area contributed by atoms with Crippen molar-refractivity contribution < 1.29 is 0 Å². The van der Waals surface area contributed by atoms with Gasteiger partial charge in [0.2, 0.25) is 0 Å². The molecule has 11 rings (SSSR count). The Morgan fingerprint density at radius 1 is 0.393 bits per heavy atom. The van der Waals surface area contributed by atoms with Crippen LogP contribution < -0.4 is 0 Å². The molecule has 9 aromatic carbocycles. The molecule has 1 aliphatic carbocycles. The van der Waals surface area contributed by atoms with E-state index in [0.717, 1.165) is 34.9 Å². The quantitative estimate of drug-likeness (QED) is 0.0587. The van der Waals surface area contributed by atoms with Crippen molar-refractivity contribution in [3.63, 3.8) is 0 Å². The number of nitrogens with zero attached hydrogens (tertiary/aromatic N) is 2. The highest BCUT2D eigenvalue weighted by Gasteiger charge is 2.43. The van der Waals surface area contributed by atoms with Crippen LogP contribution in [-0.2, 0) is 5.41 Å². The van der Waals surface area contributed by atoms with Gasteiger partial charge in [0.05, 0.1) is 22.1 Å². The molecule has 302 valence electrons. The Labute approximate surface area is 360 Å². The molecule has 10 aromatic rings. The zero-order valence-corrected chi connectivity index (χ0v) is 36.0. The molecule has 61 heavy (non-hydrogen) atoms. The monoisotopic (exact) mass is 792 g/mol. The number of fused-ring (bicyclic) bond motifs is 9. The van der Waals surface area contributed by atoms with Gasteiger partial charge in [-0.05, 0) is 114 Å². The summed E-state index contributed by atoms with van der Waals surface area (Å²) in [4.78, 5) is 11.3. The normalized spacial score (nSPS) is 13.5. The lowest BCUT2D eigenvalue weighted by atomic mass is 9.70. The van der Waals surface area contributed by atoms with E-state index < -0.39 is 0 Å². The van der Waals surface area contributed by atoms with Crippen LogP contribution in [0.1, 0.15) is 115 Å². The van der Waals surface area contributed by atoms with E-state index in [0.29, 0.717) is 0 Å². The van der Waals surface area contributed by atoms with Crippen molar-refractivity contribution >= 4 is 75.9 Å². The average molecular weight is 793 g/mol. The van der Waals surface area contributed by atoms with Crippen molar-refractivity contribution in [2.45, 2.75) is 109 Å². The van der Waals surface area contributed by atoms with Crippen molar-refractivity contribution in [3.05, 3.63) is 145 Å². The van der Waals surface area contributed by atoms with Crippen LogP contribution in [0.3, 0.4) is 0 Å². The van der Waals surface area contributed by atoms with E-state index >= 15 is 0 Å². The molecule has 1 aromatic heterocycles. The van der Waals surface area contributed by atoms with Crippen LogP contribution in [0, 0.1) is 0 Å². The summed E-state index contributed by atoms with van der Waals surface area (Å²) in [7, 11) is 0. The van der Waals surface area contributed by atoms with Crippen molar-refractivity contribution in [2.75, 3.05) is 0 Å². The summed E-state index contributed by atoms with van der Waals surface area (Å²) in [5.74, 6) is 0. The van der Waals surface area contributed by atoms with Gasteiger partial charge in [0, 0.05) is 16.2 Å². The molecule has 0 atom stereocenters. The van der Waals surface area contributed by atoms with E-state index in [1.54, 1.807) is 0 Å². The lowest BCUT2D eigenvalue weighted by Crippen LogP contribution is -2.25. The lowest BCUT2D eigenvalue weighted by molar-refractivity contribution is 0.398.